The van der Waals surface area contributed by atoms with Crippen molar-refractivity contribution in [3.63, 3.8) is 0 Å². The Morgan fingerprint density at radius 2 is 1.48 bits per heavy atom. The molecule has 1 fully saturated rings. The first-order valence-corrected chi connectivity index (χ1v) is 7.29. The van der Waals surface area contributed by atoms with Crippen LogP contribution in [0.5, 0.6) is 0 Å². The molecule has 2 rings (SSSR count). The molecule has 1 aliphatic carbocycles. The fourth-order valence-corrected chi connectivity index (χ4v) is 1.38. The van der Waals surface area contributed by atoms with E-state index in [-0.39, 0.29) is 0 Å². The molecule has 0 saturated heterocycles. The van der Waals surface area contributed by atoms with Crippen molar-refractivity contribution in [2.24, 2.45) is 0 Å². The molecule has 0 bridgehead atoms. The van der Waals surface area contributed by atoms with Crippen molar-refractivity contribution in [2.75, 3.05) is 5.32 Å². The van der Waals surface area contributed by atoms with E-state index in [2.05, 4.69) is 39.0 Å². The first-order chi connectivity index (χ1) is 11.2. The Morgan fingerprint density at radius 1 is 1.08 bits per heavy atom. The predicted molar refractivity (Wildman–Crippen MR) is 81.0 cm³/mol. The predicted octanol–water partition coefficient (Wildman–Crippen LogP) is 3.53. The average Bonchev–Trinajstić information content (AvgIpc) is 3.22. The molecule has 3 N–H and O–H groups in total. The number of nitrogens with one attached hydrogen (secondary N) is 1. The molecule has 0 unspecified atom stereocenters. The Morgan fingerprint density at radius 3 is 1.76 bits per heavy atom. The van der Waals surface area contributed by atoms with Crippen LogP contribution in [0, 0.1) is 3.57 Å². The number of pyridine rings is 1. The summed E-state index contributed by atoms with van der Waals surface area (Å²) in [5, 5.41) is 17.6. The number of carboxylic acids is 2. The molecule has 0 amide bonds. The summed E-state index contributed by atoms with van der Waals surface area (Å²) in [7, 11) is 0. The van der Waals surface area contributed by atoms with Gasteiger partial charge in [0.15, 0.2) is 0 Å². The number of hydrogen-bond donors (Lipinski definition) is 3. The van der Waals surface area contributed by atoms with Gasteiger partial charge in [0.2, 0.25) is 0 Å². The first-order valence-electron chi connectivity index (χ1n) is 6.21. The molecular weight excluding hydrogens is 477 g/mol. The van der Waals surface area contributed by atoms with Crippen LogP contribution in [-0.4, -0.2) is 45.5 Å². The van der Waals surface area contributed by atoms with Gasteiger partial charge in [-0.15, -0.1) is 0 Å². The van der Waals surface area contributed by atoms with Crippen molar-refractivity contribution in [2.45, 2.75) is 31.2 Å². The SMILES string of the molecule is Ic1ccnc(NC2CC2)c1.O=C(O)C(F)(F)F.O=C(O)C(F)(F)F. The summed E-state index contributed by atoms with van der Waals surface area (Å²) in [4.78, 5) is 22.0. The summed E-state index contributed by atoms with van der Waals surface area (Å²) in [5.74, 6) is -4.50. The Labute approximate surface area is 150 Å². The van der Waals surface area contributed by atoms with Gasteiger partial charge in [-0.2, -0.15) is 26.3 Å². The maximum Gasteiger partial charge on any atom is 0.490 e. The zero-order chi connectivity index (χ0) is 19.8. The van der Waals surface area contributed by atoms with E-state index in [1.807, 2.05) is 12.3 Å². The Bertz CT molecular complexity index is 566. The number of carbonyl (C=O) groups is 2. The molecular formula is C12H11F6IN2O4. The Kier molecular flexibility index (Phi) is 8.93. The van der Waals surface area contributed by atoms with Crippen molar-refractivity contribution in [3.05, 3.63) is 21.9 Å². The normalized spacial score (nSPS) is 13.6. The summed E-state index contributed by atoms with van der Waals surface area (Å²) >= 11 is 2.29. The maximum atomic E-state index is 10.6. The van der Waals surface area contributed by atoms with Crippen molar-refractivity contribution in [1.82, 2.24) is 4.98 Å². The van der Waals surface area contributed by atoms with Crippen LogP contribution in [0.15, 0.2) is 18.3 Å². The van der Waals surface area contributed by atoms with Crippen LogP contribution >= 0.6 is 22.6 Å². The summed E-state index contributed by atoms with van der Waals surface area (Å²) in [6.07, 6.45) is -5.73. The molecule has 0 spiro atoms. The highest BCUT2D eigenvalue weighted by molar-refractivity contribution is 14.1. The zero-order valence-corrected chi connectivity index (χ0v) is 14.2. The minimum absolute atomic E-state index is 0.695. The van der Waals surface area contributed by atoms with Crippen molar-refractivity contribution < 1.29 is 46.1 Å². The van der Waals surface area contributed by atoms with E-state index >= 15 is 0 Å². The monoisotopic (exact) mass is 488 g/mol. The van der Waals surface area contributed by atoms with Gasteiger partial charge in [-0.3, -0.25) is 0 Å². The van der Waals surface area contributed by atoms with Gasteiger partial charge in [0, 0.05) is 15.8 Å². The lowest BCUT2D eigenvalue weighted by atomic mass is 10.4. The van der Waals surface area contributed by atoms with Gasteiger partial charge in [-0.05, 0) is 47.6 Å². The molecule has 1 aromatic heterocycles. The summed E-state index contributed by atoms with van der Waals surface area (Å²) in [6.45, 7) is 0. The standard InChI is InChI=1S/C8H9IN2.2C2HF3O2/c9-6-3-4-10-8(5-6)11-7-1-2-7;2*3-2(4,5)1(6)7/h3-5,7H,1-2H2,(H,10,11);2*(H,6,7). The van der Waals surface area contributed by atoms with E-state index < -0.39 is 24.3 Å². The molecule has 25 heavy (non-hydrogen) atoms. The number of anilines is 1. The van der Waals surface area contributed by atoms with Crippen LogP contribution in [-0.2, 0) is 9.59 Å². The smallest absolute Gasteiger partial charge is 0.475 e. The number of alkyl halides is 6. The number of halogens is 7. The van der Waals surface area contributed by atoms with E-state index in [9.17, 15) is 26.3 Å². The fourth-order valence-electron chi connectivity index (χ4n) is 0.921. The molecule has 13 heteroatoms. The third-order valence-corrected chi connectivity index (χ3v) is 2.81. The Hall–Kier alpha value is -1.80. The second-order valence-electron chi connectivity index (χ2n) is 4.38. The van der Waals surface area contributed by atoms with E-state index in [4.69, 9.17) is 19.8 Å². The zero-order valence-electron chi connectivity index (χ0n) is 12.0. The van der Waals surface area contributed by atoms with Gasteiger partial charge >= 0.3 is 24.3 Å². The minimum atomic E-state index is -5.08. The van der Waals surface area contributed by atoms with E-state index in [0.29, 0.717) is 6.04 Å². The van der Waals surface area contributed by atoms with Crippen molar-refractivity contribution in [1.29, 1.82) is 0 Å². The fraction of sp³-hybridized carbons (Fsp3) is 0.417. The second-order valence-corrected chi connectivity index (χ2v) is 5.63. The average molecular weight is 488 g/mol. The molecule has 1 aliphatic rings. The van der Waals surface area contributed by atoms with Gasteiger partial charge in [-0.1, -0.05) is 0 Å². The number of hydrogen-bond acceptors (Lipinski definition) is 4. The number of aliphatic carboxylic acids is 2. The molecule has 1 saturated carbocycles. The Balaban J connectivity index is 0.000000366. The van der Waals surface area contributed by atoms with E-state index in [1.54, 1.807) is 0 Å². The van der Waals surface area contributed by atoms with Crippen LogP contribution in [0.3, 0.4) is 0 Å². The van der Waals surface area contributed by atoms with Gasteiger partial charge in [0.25, 0.3) is 0 Å². The van der Waals surface area contributed by atoms with Gasteiger partial charge in [0.1, 0.15) is 5.82 Å². The molecule has 1 heterocycles. The lowest BCUT2D eigenvalue weighted by molar-refractivity contribution is -0.193. The highest BCUT2D eigenvalue weighted by Gasteiger charge is 2.38. The van der Waals surface area contributed by atoms with E-state index in [1.165, 1.54) is 16.4 Å². The number of aromatic nitrogens is 1. The molecule has 6 nitrogen and oxygen atoms in total. The molecule has 1 aromatic rings. The quantitative estimate of drug-likeness (QED) is 0.436. The van der Waals surface area contributed by atoms with Crippen LogP contribution in [0.1, 0.15) is 12.8 Å². The lowest BCUT2D eigenvalue weighted by Gasteiger charge is -2.01. The van der Waals surface area contributed by atoms with E-state index in [0.717, 1.165) is 5.82 Å². The minimum Gasteiger partial charge on any atom is -0.475 e. The van der Waals surface area contributed by atoms with Gasteiger partial charge < -0.3 is 15.5 Å². The third kappa shape index (κ3) is 12.2. The maximum absolute atomic E-state index is 10.6. The summed E-state index contributed by atoms with van der Waals surface area (Å²) in [5.41, 5.74) is 0. The molecule has 0 atom stereocenters. The van der Waals surface area contributed by atoms with Crippen LogP contribution < -0.4 is 5.32 Å². The molecule has 0 aliphatic heterocycles. The van der Waals surface area contributed by atoms with Crippen molar-refractivity contribution in [3.8, 4) is 0 Å². The number of carboxylic acid groups (broad SMARTS) is 2. The number of nitrogens with zero attached hydrogens (tertiary/aromatic N) is 1. The van der Waals surface area contributed by atoms with Crippen LogP contribution in [0.25, 0.3) is 0 Å². The largest absolute Gasteiger partial charge is 0.490 e. The highest BCUT2D eigenvalue weighted by Crippen LogP contribution is 2.23. The molecule has 0 radical (unpaired) electrons. The molecule has 142 valence electrons. The van der Waals surface area contributed by atoms with Gasteiger partial charge in [-0.25, -0.2) is 14.6 Å². The lowest BCUT2D eigenvalue weighted by Crippen LogP contribution is -2.21. The summed E-state index contributed by atoms with van der Waals surface area (Å²) in [6, 6.07) is 4.76. The summed E-state index contributed by atoms with van der Waals surface area (Å²) < 4.78 is 64.7. The first kappa shape index (κ1) is 23.2. The van der Waals surface area contributed by atoms with Crippen molar-refractivity contribution >= 4 is 40.3 Å². The second kappa shape index (κ2) is 9.62. The topological polar surface area (TPSA) is 99.5 Å². The highest BCUT2D eigenvalue weighted by atomic mass is 127. The molecule has 0 aromatic carbocycles. The van der Waals surface area contributed by atoms with Gasteiger partial charge in [0.05, 0.1) is 0 Å². The number of rotatable bonds is 2. The van der Waals surface area contributed by atoms with Crippen LogP contribution in [0.4, 0.5) is 32.2 Å². The van der Waals surface area contributed by atoms with Crippen LogP contribution in [0.2, 0.25) is 0 Å². The third-order valence-electron chi connectivity index (χ3n) is 2.14.